The molecular formula is C10H16N2O2. The van der Waals surface area contributed by atoms with E-state index in [1.807, 2.05) is 0 Å². The smallest absolute Gasteiger partial charge is 0.320 e. The van der Waals surface area contributed by atoms with Gasteiger partial charge in [0.2, 0.25) is 0 Å². The molecule has 0 bridgehead atoms. The molecule has 0 spiro atoms. The highest BCUT2D eigenvalue weighted by Gasteiger charge is 2.15. The molecule has 0 aliphatic carbocycles. The Labute approximate surface area is 84.8 Å². The van der Waals surface area contributed by atoms with Gasteiger partial charge in [-0.2, -0.15) is 5.26 Å². The van der Waals surface area contributed by atoms with Crippen LogP contribution in [0.15, 0.2) is 12.7 Å². The van der Waals surface area contributed by atoms with Crippen LogP contribution in [0.2, 0.25) is 0 Å². The summed E-state index contributed by atoms with van der Waals surface area (Å²) in [6.45, 7) is 8.06. The van der Waals surface area contributed by atoms with Gasteiger partial charge in [-0.05, 0) is 13.8 Å². The van der Waals surface area contributed by atoms with Gasteiger partial charge in [0.25, 0.3) is 0 Å². The number of hydrogen-bond acceptors (Lipinski definition) is 4. The summed E-state index contributed by atoms with van der Waals surface area (Å²) < 4.78 is 4.79. The topological polar surface area (TPSA) is 53.3 Å². The lowest BCUT2D eigenvalue weighted by atomic mass is 10.3. The molecule has 4 heteroatoms. The lowest BCUT2D eigenvalue weighted by molar-refractivity contribution is -0.144. The van der Waals surface area contributed by atoms with E-state index in [4.69, 9.17) is 10.00 Å². The Kier molecular flexibility index (Phi) is 6.42. The predicted molar refractivity (Wildman–Crippen MR) is 53.5 cm³/mol. The minimum absolute atomic E-state index is 0.134. The lowest BCUT2D eigenvalue weighted by Crippen LogP contribution is -2.37. The van der Waals surface area contributed by atoms with Gasteiger partial charge in [0, 0.05) is 6.54 Å². The molecule has 0 heterocycles. The van der Waals surface area contributed by atoms with Crippen LogP contribution in [0.3, 0.4) is 0 Å². The van der Waals surface area contributed by atoms with Crippen LogP contribution >= 0.6 is 0 Å². The number of ether oxygens (including phenoxy) is 1. The summed E-state index contributed by atoms with van der Waals surface area (Å²) in [6, 6.07) is 1.76. The van der Waals surface area contributed by atoms with Crippen molar-refractivity contribution >= 4 is 5.97 Å². The molecule has 0 aromatic rings. The molecule has 0 amide bonds. The normalized spacial score (nSPS) is 11.9. The Bertz CT molecular complexity index is 233. The maximum Gasteiger partial charge on any atom is 0.320 e. The molecule has 0 aromatic carbocycles. The van der Waals surface area contributed by atoms with Crippen LogP contribution in [0.25, 0.3) is 0 Å². The lowest BCUT2D eigenvalue weighted by Gasteiger charge is -2.21. The molecule has 0 aliphatic heterocycles. The number of nitrogens with zero attached hydrogens (tertiary/aromatic N) is 2. The Morgan fingerprint density at radius 1 is 1.79 bits per heavy atom. The first-order valence-corrected chi connectivity index (χ1v) is 4.55. The number of nitriles is 1. The zero-order valence-electron chi connectivity index (χ0n) is 8.69. The van der Waals surface area contributed by atoms with Crippen LogP contribution in [0.5, 0.6) is 0 Å². The first kappa shape index (κ1) is 12.7. The molecule has 0 N–H and O–H groups in total. The van der Waals surface area contributed by atoms with Gasteiger partial charge in [0.1, 0.15) is 0 Å². The summed E-state index contributed by atoms with van der Waals surface area (Å²) in [5, 5.41) is 8.70. The Morgan fingerprint density at radius 2 is 2.43 bits per heavy atom. The summed E-state index contributed by atoms with van der Waals surface area (Å²) in [5.74, 6) is -0.309. The third kappa shape index (κ3) is 4.63. The third-order valence-electron chi connectivity index (χ3n) is 1.74. The standard InChI is InChI=1S/C10H16N2O2/c1-4-6-12(9(3)7-11)8-10(13)14-5-2/h4,9H,1,5-6,8H2,2-3H3. The third-order valence-corrected chi connectivity index (χ3v) is 1.74. The molecule has 0 fully saturated rings. The van der Waals surface area contributed by atoms with Gasteiger partial charge in [-0.25, -0.2) is 0 Å². The quantitative estimate of drug-likeness (QED) is 0.469. The summed E-state index contributed by atoms with van der Waals surface area (Å²) in [6.07, 6.45) is 1.66. The second-order valence-corrected chi connectivity index (χ2v) is 2.83. The van der Waals surface area contributed by atoms with Crippen molar-refractivity contribution in [3.63, 3.8) is 0 Å². The Balaban J connectivity index is 4.16. The van der Waals surface area contributed by atoms with E-state index in [0.29, 0.717) is 13.2 Å². The van der Waals surface area contributed by atoms with E-state index >= 15 is 0 Å². The summed E-state index contributed by atoms with van der Waals surface area (Å²) in [7, 11) is 0. The van der Waals surface area contributed by atoms with Crippen molar-refractivity contribution in [2.75, 3.05) is 19.7 Å². The zero-order chi connectivity index (χ0) is 11.0. The maximum absolute atomic E-state index is 11.1. The first-order chi connectivity index (χ1) is 6.65. The van der Waals surface area contributed by atoms with Crippen LogP contribution in [-0.4, -0.2) is 36.6 Å². The number of carbonyl (C=O) groups is 1. The highest BCUT2D eigenvalue weighted by atomic mass is 16.5. The van der Waals surface area contributed by atoms with Crippen molar-refractivity contribution in [3.05, 3.63) is 12.7 Å². The molecule has 1 atom stereocenters. The van der Waals surface area contributed by atoms with Gasteiger partial charge in [-0.1, -0.05) is 6.08 Å². The van der Waals surface area contributed by atoms with Crippen LogP contribution in [0.1, 0.15) is 13.8 Å². The van der Waals surface area contributed by atoms with Gasteiger partial charge >= 0.3 is 5.97 Å². The molecule has 0 radical (unpaired) electrons. The highest BCUT2D eigenvalue weighted by Crippen LogP contribution is 1.98. The van der Waals surface area contributed by atoms with Crippen LogP contribution in [0, 0.1) is 11.3 Å². The number of carbonyl (C=O) groups excluding carboxylic acids is 1. The van der Waals surface area contributed by atoms with E-state index in [0.717, 1.165) is 0 Å². The van der Waals surface area contributed by atoms with E-state index < -0.39 is 0 Å². The Hall–Kier alpha value is -1.34. The van der Waals surface area contributed by atoms with Crippen molar-refractivity contribution in [3.8, 4) is 6.07 Å². The summed E-state index contributed by atoms with van der Waals surface area (Å²) >= 11 is 0. The van der Waals surface area contributed by atoms with Gasteiger partial charge in [0.05, 0.1) is 25.3 Å². The Morgan fingerprint density at radius 3 is 2.86 bits per heavy atom. The van der Waals surface area contributed by atoms with Crippen molar-refractivity contribution in [1.29, 1.82) is 5.26 Å². The van der Waals surface area contributed by atoms with E-state index in [1.54, 1.807) is 24.8 Å². The van der Waals surface area contributed by atoms with E-state index in [9.17, 15) is 4.79 Å². The van der Waals surface area contributed by atoms with Gasteiger partial charge in [-0.3, -0.25) is 9.69 Å². The molecule has 0 saturated heterocycles. The van der Waals surface area contributed by atoms with E-state index in [2.05, 4.69) is 12.6 Å². The molecule has 4 nitrogen and oxygen atoms in total. The molecular weight excluding hydrogens is 180 g/mol. The van der Waals surface area contributed by atoms with Crippen molar-refractivity contribution < 1.29 is 9.53 Å². The summed E-state index contributed by atoms with van der Waals surface area (Å²) in [5.41, 5.74) is 0. The van der Waals surface area contributed by atoms with Crippen molar-refractivity contribution in [1.82, 2.24) is 4.90 Å². The minimum Gasteiger partial charge on any atom is -0.465 e. The number of esters is 1. The highest BCUT2D eigenvalue weighted by molar-refractivity contribution is 5.71. The molecule has 14 heavy (non-hydrogen) atoms. The van der Waals surface area contributed by atoms with E-state index in [-0.39, 0.29) is 18.6 Å². The van der Waals surface area contributed by atoms with Crippen molar-refractivity contribution in [2.45, 2.75) is 19.9 Å². The van der Waals surface area contributed by atoms with E-state index in [1.165, 1.54) is 0 Å². The fraction of sp³-hybridized carbons (Fsp3) is 0.600. The van der Waals surface area contributed by atoms with Crippen LogP contribution in [-0.2, 0) is 9.53 Å². The molecule has 0 aliphatic rings. The largest absolute Gasteiger partial charge is 0.465 e. The minimum atomic E-state index is -0.309. The van der Waals surface area contributed by atoms with Gasteiger partial charge in [0.15, 0.2) is 0 Å². The fourth-order valence-electron chi connectivity index (χ4n) is 0.980. The molecule has 1 unspecified atom stereocenters. The first-order valence-electron chi connectivity index (χ1n) is 4.55. The molecule has 0 rings (SSSR count). The monoisotopic (exact) mass is 196 g/mol. The van der Waals surface area contributed by atoms with Gasteiger partial charge < -0.3 is 4.74 Å². The van der Waals surface area contributed by atoms with Crippen LogP contribution < -0.4 is 0 Å². The number of rotatable bonds is 6. The average molecular weight is 196 g/mol. The molecule has 0 aromatic heterocycles. The fourth-order valence-corrected chi connectivity index (χ4v) is 0.980. The zero-order valence-corrected chi connectivity index (χ0v) is 8.69. The van der Waals surface area contributed by atoms with Gasteiger partial charge in [-0.15, -0.1) is 6.58 Å². The van der Waals surface area contributed by atoms with Crippen molar-refractivity contribution in [2.24, 2.45) is 0 Å². The summed E-state index contributed by atoms with van der Waals surface area (Å²) in [4.78, 5) is 12.8. The van der Waals surface area contributed by atoms with Crippen LogP contribution in [0.4, 0.5) is 0 Å². The maximum atomic E-state index is 11.1. The molecule has 0 saturated carbocycles. The average Bonchev–Trinajstić information content (AvgIpc) is 2.16. The molecule has 78 valence electrons. The SMILES string of the molecule is C=CCN(CC(=O)OCC)C(C)C#N. The second kappa shape index (κ2) is 7.10. The number of hydrogen-bond donors (Lipinski definition) is 0. The predicted octanol–water partition coefficient (Wildman–Crippen LogP) is 0.950. The second-order valence-electron chi connectivity index (χ2n) is 2.83.